The minimum absolute atomic E-state index is 0.0206. The average Bonchev–Trinajstić information content (AvgIpc) is 2.81. The normalized spacial score (nSPS) is 21.8. The molecule has 0 aliphatic heterocycles. The SMILES string of the molecule is CN(C)C(=O)CNC(=O)NCC1CCCC1C(=O)O. The second-order valence-corrected chi connectivity index (χ2v) is 4.99. The van der Waals surface area contributed by atoms with Gasteiger partial charge in [-0.2, -0.15) is 0 Å². The molecule has 0 bridgehead atoms. The molecule has 1 aliphatic rings. The Morgan fingerprint density at radius 1 is 1.21 bits per heavy atom. The molecule has 3 amide bonds. The quantitative estimate of drug-likeness (QED) is 0.649. The molecular formula is C12H21N3O4. The van der Waals surface area contributed by atoms with Crippen LogP contribution >= 0.6 is 0 Å². The number of amides is 3. The first-order valence-corrected chi connectivity index (χ1v) is 6.36. The number of carbonyl (C=O) groups excluding carboxylic acids is 2. The summed E-state index contributed by atoms with van der Waals surface area (Å²) >= 11 is 0. The van der Waals surface area contributed by atoms with Gasteiger partial charge in [0.2, 0.25) is 5.91 Å². The molecule has 7 heteroatoms. The number of rotatable bonds is 5. The number of carboxylic acids is 1. The summed E-state index contributed by atoms with van der Waals surface area (Å²) in [5, 5.41) is 14.1. The minimum atomic E-state index is -0.799. The molecule has 2 atom stereocenters. The Morgan fingerprint density at radius 2 is 1.89 bits per heavy atom. The van der Waals surface area contributed by atoms with Gasteiger partial charge in [-0.1, -0.05) is 6.42 Å². The molecule has 0 heterocycles. The van der Waals surface area contributed by atoms with Gasteiger partial charge in [0.1, 0.15) is 0 Å². The molecule has 0 aromatic carbocycles. The maximum atomic E-state index is 11.5. The van der Waals surface area contributed by atoms with Crippen molar-refractivity contribution in [3.63, 3.8) is 0 Å². The van der Waals surface area contributed by atoms with Gasteiger partial charge in [0.05, 0.1) is 12.5 Å². The monoisotopic (exact) mass is 271 g/mol. The lowest BCUT2D eigenvalue weighted by atomic mass is 9.96. The standard InChI is InChI=1S/C12H21N3O4/c1-15(2)10(16)7-14-12(19)13-6-8-4-3-5-9(8)11(17)18/h8-9H,3-7H2,1-2H3,(H,17,18)(H2,13,14,19). The average molecular weight is 271 g/mol. The Balaban J connectivity index is 2.26. The number of hydrogen-bond donors (Lipinski definition) is 3. The van der Waals surface area contributed by atoms with E-state index >= 15 is 0 Å². The van der Waals surface area contributed by atoms with Crippen molar-refractivity contribution in [2.24, 2.45) is 11.8 Å². The van der Waals surface area contributed by atoms with Crippen LogP contribution in [-0.4, -0.2) is 55.1 Å². The minimum Gasteiger partial charge on any atom is -0.481 e. The summed E-state index contributed by atoms with van der Waals surface area (Å²) in [4.78, 5) is 35.1. The van der Waals surface area contributed by atoms with Crippen LogP contribution in [0.3, 0.4) is 0 Å². The summed E-state index contributed by atoms with van der Waals surface area (Å²) in [5.41, 5.74) is 0. The Labute approximate surface area is 112 Å². The molecule has 0 aromatic rings. The summed E-state index contributed by atoms with van der Waals surface area (Å²) in [5.74, 6) is -1.39. The lowest BCUT2D eigenvalue weighted by Gasteiger charge is -2.17. The number of aliphatic carboxylic acids is 1. The maximum absolute atomic E-state index is 11.5. The largest absolute Gasteiger partial charge is 0.481 e. The van der Waals surface area contributed by atoms with Crippen LogP contribution in [0.25, 0.3) is 0 Å². The zero-order valence-corrected chi connectivity index (χ0v) is 11.3. The molecular weight excluding hydrogens is 250 g/mol. The van der Waals surface area contributed by atoms with E-state index in [4.69, 9.17) is 5.11 Å². The first-order chi connectivity index (χ1) is 8.91. The van der Waals surface area contributed by atoms with E-state index in [1.807, 2.05) is 0 Å². The van der Waals surface area contributed by atoms with Crippen molar-refractivity contribution in [2.45, 2.75) is 19.3 Å². The molecule has 108 valence electrons. The van der Waals surface area contributed by atoms with Crippen molar-refractivity contribution in [1.29, 1.82) is 0 Å². The van der Waals surface area contributed by atoms with Crippen LogP contribution in [0, 0.1) is 11.8 Å². The van der Waals surface area contributed by atoms with Crippen molar-refractivity contribution in [2.75, 3.05) is 27.2 Å². The topological polar surface area (TPSA) is 98.7 Å². The number of carbonyl (C=O) groups is 3. The highest BCUT2D eigenvalue weighted by Gasteiger charge is 2.32. The Bertz CT molecular complexity index is 357. The number of urea groups is 1. The summed E-state index contributed by atoms with van der Waals surface area (Å²) in [6, 6.07) is -0.439. The first-order valence-electron chi connectivity index (χ1n) is 6.36. The van der Waals surface area contributed by atoms with Gasteiger partial charge in [-0.15, -0.1) is 0 Å². The van der Waals surface area contributed by atoms with E-state index in [-0.39, 0.29) is 24.3 Å². The van der Waals surface area contributed by atoms with Gasteiger partial charge in [-0.3, -0.25) is 9.59 Å². The van der Waals surface area contributed by atoms with E-state index in [0.29, 0.717) is 13.0 Å². The maximum Gasteiger partial charge on any atom is 0.315 e. The number of likely N-dealkylation sites (N-methyl/N-ethyl adjacent to an activating group) is 1. The molecule has 1 aliphatic carbocycles. The molecule has 0 spiro atoms. The summed E-state index contributed by atoms with van der Waals surface area (Å²) in [6.45, 7) is 0.269. The van der Waals surface area contributed by atoms with Crippen molar-refractivity contribution in [3.05, 3.63) is 0 Å². The molecule has 7 nitrogen and oxygen atoms in total. The Kier molecular flexibility index (Phi) is 5.59. The highest BCUT2D eigenvalue weighted by Crippen LogP contribution is 2.31. The van der Waals surface area contributed by atoms with Gasteiger partial charge in [0.25, 0.3) is 0 Å². The van der Waals surface area contributed by atoms with Crippen LogP contribution in [-0.2, 0) is 9.59 Å². The molecule has 3 N–H and O–H groups in total. The zero-order valence-electron chi connectivity index (χ0n) is 11.3. The van der Waals surface area contributed by atoms with E-state index in [9.17, 15) is 14.4 Å². The molecule has 2 unspecified atom stereocenters. The van der Waals surface area contributed by atoms with Crippen LogP contribution in [0.5, 0.6) is 0 Å². The summed E-state index contributed by atoms with van der Waals surface area (Å²) in [7, 11) is 3.22. The number of nitrogens with zero attached hydrogens (tertiary/aromatic N) is 1. The van der Waals surface area contributed by atoms with E-state index < -0.39 is 12.0 Å². The van der Waals surface area contributed by atoms with Gasteiger partial charge >= 0.3 is 12.0 Å². The van der Waals surface area contributed by atoms with E-state index in [1.54, 1.807) is 14.1 Å². The highest BCUT2D eigenvalue weighted by molar-refractivity contribution is 5.83. The second-order valence-electron chi connectivity index (χ2n) is 4.99. The smallest absolute Gasteiger partial charge is 0.315 e. The molecule has 1 rings (SSSR count). The van der Waals surface area contributed by atoms with Crippen LogP contribution in [0.15, 0.2) is 0 Å². The first kappa shape index (κ1) is 15.3. The Hall–Kier alpha value is -1.79. The molecule has 1 saturated carbocycles. The molecule has 0 aromatic heterocycles. The lowest BCUT2D eigenvalue weighted by Crippen LogP contribution is -2.43. The van der Waals surface area contributed by atoms with E-state index in [0.717, 1.165) is 12.8 Å². The second kappa shape index (κ2) is 6.96. The van der Waals surface area contributed by atoms with E-state index in [1.165, 1.54) is 4.90 Å². The number of carboxylic acid groups (broad SMARTS) is 1. The van der Waals surface area contributed by atoms with Gasteiger partial charge in [0.15, 0.2) is 0 Å². The van der Waals surface area contributed by atoms with Crippen LogP contribution in [0.1, 0.15) is 19.3 Å². The highest BCUT2D eigenvalue weighted by atomic mass is 16.4. The fraction of sp³-hybridized carbons (Fsp3) is 0.750. The van der Waals surface area contributed by atoms with Crippen LogP contribution in [0.2, 0.25) is 0 Å². The number of nitrogens with one attached hydrogen (secondary N) is 2. The lowest BCUT2D eigenvalue weighted by molar-refractivity contribution is -0.142. The third kappa shape index (κ3) is 4.76. The van der Waals surface area contributed by atoms with Gasteiger partial charge in [-0.05, 0) is 18.8 Å². The fourth-order valence-electron chi connectivity index (χ4n) is 2.21. The van der Waals surface area contributed by atoms with Crippen molar-refractivity contribution < 1.29 is 19.5 Å². The van der Waals surface area contributed by atoms with Crippen LogP contribution < -0.4 is 10.6 Å². The van der Waals surface area contributed by atoms with Gasteiger partial charge in [0, 0.05) is 20.6 Å². The predicted octanol–water partition coefficient (Wildman–Crippen LogP) is -0.125. The molecule has 0 radical (unpaired) electrons. The third-order valence-corrected chi connectivity index (χ3v) is 3.40. The van der Waals surface area contributed by atoms with Crippen molar-refractivity contribution >= 4 is 17.9 Å². The van der Waals surface area contributed by atoms with Gasteiger partial charge < -0.3 is 20.6 Å². The summed E-state index contributed by atoms with van der Waals surface area (Å²) < 4.78 is 0. The predicted molar refractivity (Wildman–Crippen MR) is 68.6 cm³/mol. The molecule has 0 saturated heterocycles. The Morgan fingerprint density at radius 3 is 2.47 bits per heavy atom. The molecule has 19 heavy (non-hydrogen) atoms. The van der Waals surface area contributed by atoms with Crippen molar-refractivity contribution in [3.8, 4) is 0 Å². The van der Waals surface area contributed by atoms with Gasteiger partial charge in [-0.25, -0.2) is 4.79 Å². The van der Waals surface area contributed by atoms with Crippen molar-refractivity contribution in [1.82, 2.24) is 15.5 Å². The van der Waals surface area contributed by atoms with Crippen LogP contribution in [0.4, 0.5) is 4.79 Å². The fourth-order valence-corrected chi connectivity index (χ4v) is 2.21. The third-order valence-electron chi connectivity index (χ3n) is 3.40. The van der Waals surface area contributed by atoms with E-state index in [2.05, 4.69) is 10.6 Å². The zero-order chi connectivity index (χ0) is 14.4. The number of hydrogen-bond acceptors (Lipinski definition) is 3. The summed E-state index contributed by atoms with van der Waals surface area (Å²) in [6.07, 6.45) is 2.36. The molecule has 1 fully saturated rings.